The highest BCUT2D eigenvalue weighted by Crippen LogP contribution is 2.37. The van der Waals surface area contributed by atoms with Crippen LogP contribution in [0.5, 0.6) is 0 Å². The molecule has 1 aliphatic rings. The van der Waals surface area contributed by atoms with E-state index in [0.29, 0.717) is 18.2 Å². The van der Waals surface area contributed by atoms with Crippen LogP contribution in [0.1, 0.15) is 23.6 Å². The van der Waals surface area contributed by atoms with E-state index in [9.17, 15) is 9.59 Å². The van der Waals surface area contributed by atoms with Crippen LogP contribution in [0.15, 0.2) is 78.9 Å². The van der Waals surface area contributed by atoms with Crippen LogP contribution in [0.25, 0.3) is 11.0 Å². The molecule has 5 rings (SSSR count). The summed E-state index contributed by atoms with van der Waals surface area (Å²) in [5.41, 5.74) is 4.57. The first-order chi connectivity index (χ1) is 15.1. The molecule has 2 amide bonds. The van der Waals surface area contributed by atoms with Crippen LogP contribution < -0.4 is 10.2 Å². The first kappa shape index (κ1) is 19.1. The number of benzene rings is 3. The summed E-state index contributed by atoms with van der Waals surface area (Å²) in [6.07, 6.45) is 0.0471. The number of aromatic nitrogens is 2. The van der Waals surface area contributed by atoms with Crippen LogP contribution >= 0.6 is 0 Å². The fourth-order valence-electron chi connectivity index (χ4n) is 4.03. The lowest BCUT2D eigenvalue weighted by atomic mass is 10.1. The van der Waals surface area contributed by atoms with Gasteiger partial charge in [-0.2, -0.15) is 0 Å². The third-order valence-corrected chi connectivity index (χ3v) is 5.58. The molecule has 4 aromatic rings. The van der Waals surface area contributed by atoms with Gasteiger partial charge in [-0.25, -0.2) is 4.98 Å². The lowest BCUT2D eigenvalue weighted by Crippen LogP contribution is -2.31. The zero-order valence-corrected chi connectivity index (χ0v) is 17.2. The fraction of sp³-hybridized carbons (Fsp3) is 0.160. The van der Waals surface area contributed by atoms with E-state index >= 15 is 0 Å². The maximum absolute atomic E-state index is 13.4. The van der Waals surface area contributed by atoms with E-state index in [1.807, 2.05) is 90.4 Å². The zero-order chi connectivity index (χ0) is 21.4. The standard InChI is InChI=1S/C25H22N4O2/c1-17-11-13-18(14-12-17)16-28-24(31)22(15-23(30)26-19-7-3-2-4-8-19)29-21-10-6-5-9-20(21)27-25(28)29/h2-14,22H,15-16H2,1H3,(H,26,30)/t22-/m1/s1. The molecule has 6 nitrogen and oxygen atoms in total. The van der Waals surface area contributed by atoms with Crippen molar-refractivity contribution in [2.24, 2.45) is 0 Å². The van der Waals surface area contributed by atoms with Crippen molar-refractivity contribution < 1.29 is 9.59 Å². The van der Waals surface area contributed by atoms with Gasteiger partial charge in [0.1, 0.15) is 6.04 Å². The molecular formula is C25H22N4O2. The van der Waals surface area contributed by atoms with Crippen LogP contribution in [-0.4, -0.2) is 21.4 Å². The van der Waals surface area contributed by atoms with Crippen molar-refractivity contribution in [3.05, 3.63) is 90.0 Å². The Morgan fingerprint density at radius 3 is 2.45 bits per heavy atom. The Morgan fingerprint density at radius 1 is 0.968 bits per heavy atom. The van der Waals surface area contributed by atoms with Crippen LogP contribution in [-0.2, 0) is 16.1 Å². The molecule has 0 saturated heterocycles. The summed E-state index contributed by atoms with van der Waals surface area (Å²) in [7, 11) is 0. The maximum atomic E-state index is 13.4. The summed E-state index contributed by atoms with van der Waals surface area (Å²) in [4.78, 5) is 32.6. The predicted molar refractivity (Wildman–Crippen MR) is 121 cm³/mol. The molecule has 6 heteroatoms. The van der Waals surface area contributed by atoms with Crippen molar-refractivity contribution in [2.45, 2.75) is 25.9 Å². The summed E-state index contributed by atoms with van der Waals surface area (Å²) < 4.78 is 1.90. The predicted octanol–water partition coefficient (Wildman–Crippen LogP) is 4.46. The van der Waals surface area contributed by atoms with Crippen molar-refractivity contribution in [3.63, 3.8) is 0 Å². The Morgan fingerprint density at radius 2 is 1.68 bits per heavy atom. The molecule has 0 radical (unpaired) electrons. The van der Waals surface area contributed by atoms with Crippen molar-refractivity contribution in [1.82, 2.24) is 9.55 Å². The monoisotopic (exact) mass is 410 g/mol. The van der Waals surface area contributed by atoms with Gasteiger partial charge in [-0.3, -0.25) is 19.1 Å². The highest BCUT2D eigenvalue weighted by molar-refractivity contribution is 6.05. The molecule has 0 unspecified atom stereocenters. The van der Waals surface area contributed by atoms with Gasteiger partial charge in [0, 0.05) is 5.69 Å². The van der Waals surface area contributed by atoms with Gasteiger partial charge in [0.15, 0.2) is 0 Å². The number of nitrogens with one attached hydrogen (secondary N) is 1. The Labute approximate surface area is 180 Å². The number of carbonyl (C=O) groups is 2. The summed E-state index contributed by atoms with van der Waals surface area (Å²) in [6.45, 7) is 2.45. The second-order valence-electron chi connectivity index (χ2n) is 7.81. The SMILES string of the molecule is Cc1ccc(CN2C(=O)[C@@H](CC(=O)Nc3ccccc3)n3c2nc2ccccc23)cc1. The first-order valence-corrected chi connectivity index (χ1v) is 10.3. The molecule has 1 N–H and O–H groups in total. The molecule has 1 atom stereocenters. The van der Waals surface area contributed by atoms with E-state index in [1.165, 1.54) is 5.56 Å². The van der Waals surface area contributed by atoms with Crippen LogP contribution in [0.4, 0.5) is 11.6 Å². The fourth-order valence-corrected chi connectivity index (χ4v) is 4.03. The number of para-hydroxylation sites is 3. The topological polar surface area (TPSA) is 67.2 Å². The van der Waals surface area contributed by atoms with Crippen molar-refractivity contribution in [3.8, 4) is 0 Å². The number of hydrogen-bond acceptors (Lipinski definition) is 3. The first-order valence-electron chi connectivity index (χ1n) is 10.3. The molecule has 3 aromatic carbocycles. The second-order valence-corrected chi connectivity index (χ2v) is 7.81. The molecular weight excluding hydrogens is 388 g/mol. The number of carbonyl (C=O) groups excluding carboxylic acids is 2. The lowest BCUT2D eigenvalue weighted by Gasteiger charge is -2.16. The van der Waals surface area contributed by atoms with Gasteiger partial charge in [0.25, 0.3) is 5.91 Å². The van der Waals surface area contributed by atoms with Crippen molar-refractivity contribution in [2.75, 3.05) is 10.2 Å². The minimum absolute atomic E-state index is 0.0471. The Hall–Kier alpha value is -3.93. The Kier molecular flexibility index (Phi) is 4.75. The lowest BCUT2D eigenvalue weighted by molar-refractivity contribution is -0.124. The summed E-state index contributed by atoms with van der Waals surface area (Å²) in [5.74, 6) is 0.270. The van der Waals surface area contributed by atoms with Gasteiger partial charge in [0.05, 0.1) is 24.0 Å². The third-order valence-electron chi connectivity index (χ3n) is 5.58. The number of aryl methyl sites for hydroxylation is 1. The van der Waals surface area contributed by atoms with Crippen molar-refractivity contribution >= 4 is 34.5 Å². The Bertz CT molecular complexity index is 1260. The molecule has 154 valence electrons. The third kappa shape index (κ3) is 3.57. The summed E-state index contributed by atoms with van der Waals surface area (Å²) in [5, 5.41) is 2.89. The van der Waals surface area contributed by atoms with Gasteiger partial charge in [-0.15, -0.1) is 0 Å². The van der Waals surface area contributed by atoms with Gasteiger partial charge >= 0.3 is 0 Å². The molecule has 0 fully saturated rings. The molecule has 1 aromatic heterocycles. The number of rotatable bonds is 5. The molecule has 0 spiro atoms. The van der Waals surface area contributed by atoms with Gasteiger partial charge < -0.3 is 5.32 Å². The van der Waals surface area contributed by atoms with Crippen LogP contribution in [0.3, 0.4) is 0 Å². The number of hydrogen-bond donors (Lipinski definition) is 1. The minimum Gasteiger partial charge on any atom is -0.326 e. The van der Waals surface area contributed by atoms with E-state index in [2.05, 4.69) is 5.32 Å². The largest absolute Gasteiger partial charge is 0.326 e. The molecule has 0 saturated carbocycles. The van der Waals surface area contributed by atoms with Crippen LogP contribution in [0.2, 0.25) is 0 Å². The highest BCUT2D eigenvalue weighted by Gasteiger charge is 2.40. The van der Waals surface area contributed by atoms with E-state index in [-0.39, 0.29) is 18.2 Å². The zero-order valence-electron chi connectivity index (χ0n) is 17.2. The molecule has 2 heterocycles. The number of fused-ring (bicyclic) bond motifs is 3. The molecule has 1 aliphatic heterocycles. The summed E-state index contributed by atoms with van der Waals surface area (Å²) in [6, 6.07) is 24.5. The average Bonchev–Trinajstić information content (AvgIpc) is 3.26. The smallest absolute Gasteiger partial charge is 0.253 e. The van der Waals surface area contributed by atoms with Crippen molar-refractivity contribution in [1.29, 1.82) is 0 Å². The average molecular weight is 410 g/mol. The number of nitrogens with zero attached hydrogens (tertiary/aromatic N) is 3. The minimum atomic E-state index is -0.628. The van der Waals surface area contributed by atoms with E-state index in [4.69, 9.17) is 4.98 Å². The quantitative estimate of drug-likeness (QED) is 0.528. The molecule has 31 heavy (non-hydrogen) atoms. The number of imidazole rings is 1. The van der Waals surface area contributed by atoms with Gasteiger partial charge in [-0.05, 0) is 36.8 Å². The molecule has 0 bridgehead atoms. The van der Waals surface area contributed by atoms with Crippen LogP contribution in [0, 0.1) is 6.92 Å². The van der Waals surface area contributed by atoms with Gasteiger partial charge in [-0.1, -0.05) is 60.2 Å². The van der Waals surface area contributed by atoms with E-state index in [0.717, 1.165) is 16.6 Å². The molecule has 0 aliphatic carbocycles. The summed E-state index contributed by atoms with van der Waals surface area (Å²) >= 11 is 0. The second kappa shape index (κ2) is 7.72. The van der Waals surface area contributed by atoms with E-state index in [1.54, 1.807) is 4.90 Å². The number of anilines is 2. The maximum Gasteiger partial charge on any atom is 0.253 e. The van der Waals surface area contributed by atoms with E-state index < -0.39 is 6.04 Å². The highest BCUT2D eigenvalue weighted by atomic mass is 16.2. The normalized spacial score (nSPS) is 15.3. The Balaban J connectivity index is 1.48. The number of amides is 2. The van der Waals surface area contributed by atoms with Gasteiger partial charge in [0.2, 0.25) is 11.9 Å².